The van der Waals surface area contributed by atoms with Gasteiger partial charge in [-0.2, -0.15) is 22.0 Å². The number of hydrogen-bond donors (Lipinski definition) is 2. The van der Waals surface area contributed by atoms with Crippen molar-refractivity contribution in [3.63, 3.8) is 0 Å². The van der Waals surface area contributed by atoms with Crippen molar-refractivity contribution in [3.8, 4) is 0 Å². The molecule has 8 heteroatoms. The molecule has 0 saturated heterocycles. The lowest BCUT2D eigenvalue weighted by Gasteiger charge is -2.24. The van der Waals surface area contributed by atoms with E-state index in [1.807, 2.05) is 0 Å². The summed E-state index contributed by atoms with van der Waals surface area (Å²) in [5, 5.41) is 0. The molecule has 1 aromatic carbocycles. The van der Waals surface area contributed by atoms with Crippen LogP contribution in [-0.4, -0.2) is 12.1 Å². The molecular weight excluding hydrogens is 250 g/mol. The van der Waals surface area contributed by atoms with Crippen LogP contribution in [-0.2, 0) is 0 Å². The Hall–Kier alpha value is -1.60. The first-order valence-electron chi connectivity index (χ1n) is 4.31. The van der Waals surface area contributed by atoms with Gasteiger partial charge in [-0.25, -0.2) is 4.39 Å². The minimum Gasteiger partial charge on any atom is -0.399 e. The summed E-state index contributed by atoms with van der Waals surface area (Å²) < 4.78 is 74.4. The molecule has 0 aliphatic carbocycles. The van der Waals surface area contributed by atoms with Crippen LogP contribution in [0.15, 0.2) is 18.2 Å². The molecule has 0 spiro atoms. The number of anilines is 2. The Bertz CT molecular complexity index is 414. The molecule has 1 unspecified atom stereocenters. The fourth-order valence-corrected chi connectivity index (χ4v) is 1.16. The van der Waals surface area contributed by atoms with Crippen LogP contribution in [0, 0.1) is 0 Å². The highest BCUT2D eigenvalue weighted by molar-refractivity contribution is 5.57. The topological polar surface area (TPSA) is 52.0 Å². The lowest BCUT2D eigenvalue weighted by molar-refractivity contribution is -0.305. The smallest absolute Gasteiger partial charge is 0.399 e. The van der Waals surface area contributed by atoms with Gasteiger partial charge in [-0.1, -0.05) is 6.07 Å². The Morgan fingerprint density at radius 3 is 1.94 bits per heavy atom. The Balaban J connectivity index is 3.17. The highest BCUT2D eigenvalue weighted by Gasteiger charge is 2.63. The summed E-state index contributed by atoms with van der Waals surface area (Å²) in [4.78, 5) is 0. The van der Waals surface area contributed by atoms with E-state index in [2.05, 4.69) is 0 Å². The van der Waals surface area contributed by atoms with Gasteiger partial charge in [0.15, 0.2) is 6.17 Å². The second-order valence-corrected chi connectivity index (χ2v) is 3.37. The van der Waals surface area contributed by atoms with Crippen LogP contribution in [0.3, 0.4) is 0 Å². The standard InChI is InChI=1S/C9H8F6N2/c10-7(8(11,12)9(13,14)15)5-2-1-4(16)3-6(5)17/h1-3,7H,16-17H2. The summed E-state index contributed by atoms with van der Waals surface area (Å²) in [6, 6.07) is 2.61. The van der Waals surface area contributed by atoms with Crippen molar-refractivity contribution in [2.75, 3.05) is 11.5 Å². The molecule has 0 aliphatic rings. The monoisotopic (exact) mass is 258 g/mol. The van der Waals surface area contributed by atoms with E-state index in [1.165, 1.54) is 0 Å². The first kappa shape index (κ1) is 13.5. The van der Waals surface area contributed by atoms with Gasteiger partial charge in [-0.3, -0.25) is 0 Å². The Morgan fingerprint density at radius 2 is 1.53 bits per heavy atom. The maximum atomic E-state index is 13.2. The van der Waals surface area contributed by atoms with Crippen molar-refractivity contribution in [1.82, 2.24) is 0 Å². The van der Waals surface area contributed by atoms with Crippen LogP contribution in [0.25, 0.3) is 0 Å². The van der Waals surface area contributed by atoms with Gasteiger partial charge in [0.25, 0.3) is 0 Å². The maximum Gasteiger partial charge on any atom is 0.456 e. The zero-order valence-electron chi connectivity index (χ0n) is 8.23. The predicted octanol–water partition coefficient (Wildman–Crippen LogP) is 3.06. The maximum absolute atomic E-state index is 13.2. The van der Waals surface area contributed by atoms with Crippen molar-refractivity contribution < 1.29 is 26.3 Å². The number of rotatable bonds is 2. The number of alkyl halides is 6. The van der Waals surface area contributed by atoms with Gasteiger partial charge < -0.3 is 11.5 Å². The van der Waals surface area contributed by atoms with Crippen LogP contribution in [0.5, 0.6) is 0 Å². The van der Waals surface area contributed by atoms with E-state index in [-0.39, 0.29) is 5.69 Å². The third-order valence-corrected chi connectivity index (χ3v) is 2.08. The summed E-state index contributed by atoms with van der Waals surface area (Å²) in [7, 11) is 0. The van der Waals surface area contributed by atoms with Crippen molar-refractivity contribution in [3.05, 3.63) is 23.8 Å². The molecule has 4 N–H and O–H groups in total. The highest BCUT2D eigenvalue weighted by Crippen LogP contribution is 2.47. The van der Waals surface area contributed by atoms with E-state index in [9.17, 15) is 26.3 Å². The highest BCUT2D eigenvalue weighted by atomic mass is 19.4. The number of halogens is 6. The van der Waals surface area contributed by atoms with Crippen LogP contribution in [0.2, 0.25) is 0 Å². The molecule has 1 rings (SSSR count). The lowest BCUT2D eigenvalue weighted by atomic mass is 10.0. The zero-order chi connectivity index (χ0) is 13.4. The van der Waals surface area contributed by atoms with Gasteiger partial charge in [-0.05, 0) is 12.1 Å². The van der Waals surface area contributed by atoms with Gasteiger partial charge >= 0.3 is 12.1 Å². The van der Waals surface area contributed by atoms with E-state index >= 15 is 0 Å². The molecule has 0 aromatic heterocycles. The van der Waals surface area contributed by atoms with Gasteiger partial charge in [0.2, 0.25) is 0 Å². The van der Waals surface area contributed by atoms with Gasteiger partial charge in [0.05, 0.1) is 0 Å². The third-order valence-electron chi connectivity index (χ3n) is 2.08. The second-order valence-electron chi connectivity index (χ2n) is 3.37. The normalized spacial score (nSPS) is 14.7. The number of hydrogen-bond acceptors (Lipinski definition) is 2. The molecule has 0 saturated carbocycles. The van der Waals surface area contributed by atoms with Crippen molar-refractivity contribution >= 4 is 11.4 Å². The lowest BCUT2D eigenvalue weighted by Crippen LogP contribution is -2.40. The molecule has 17 heavy (non-hydrogen) atoms. The minimum atomic E-state index is -5.99. The molecule has 2 nitrogen and oxygen atoms in total. The summed E-state index contributed by atoms with van der Waals surface area (Å²) in [5.74, 6) is -5.50. The van der Waals surface area contributed by atoms with Crippen LogP contribution in [0.1, 0.15) is 11.7 Å². The Kier molecular flexibility index (Phi) is 3.17. The van der Waals surface area contributed by atoms with Crippen molar-refractivity contribution in [2.24, 2.45) is 0 Å². The third kappa shape index (κ3) is 2.40. The number of nitrogens with two attached hydrogens (primary N) is 2. The fraction of sp³-hybridized carbons (Fsp3) is 0.333. The first-order chi connectivity index (χ1) is 7.57. The first-order valence-corrected chi connectivity index (χ1v) is 4.31. The molecule has 0 radical (unpaired) electrons. The second kappa shape index (κ2) is 4.01. The molecular formula is C9H8F6N2. The molecule has 1 aromatic rings. The summed E-state index contributed by atoms with van der Waals surface area (Å²) in [5.41, 5.74) is 8.89. The fourth-order valence-electron chi connectivity index (χ4n) is 1.16. The molecule has 0 aliphatic heterocycles. The van der Waals surface area contributed by atoms with Crippen LogP contribution < -0.4 is 11.5 Å². The number of nitrogen functional groups attached to an aromatic ring is 2. The van der Waals surface area contributed by atoms with Gasteiger partial charge in [0, 0.05) is 16.9 Å². The predicted molar refractivity (Wildman–Crippen MR) is 50.1 cm³/mol. The Morgan fingerprint density at radius 1 is 1.00 bits per heavy atom. The van der Waals surface area contributed by atoms with Gasteiger partial charge in [0.1, 0.15) is 0 Å². The van der Waals surface area contributed by atoms with Gasteiger partial charge in [-0.15, -0.1) is 0 Å². The van der Waals surface area contributed by atoms with E-state index < -0.39 is 29.5 Å². The van der Waals surface area contributed by atoms with E-state index in [1.54, 1.807) is 0 Å². The van der Waals surface area contributed by atoms with Crippen LogP contribution >= 0.6 is 0 Å². The minimum absolute atomic E-state index is 0.0359. The SMILES string of the molecule is Nc1ccc(C(F)C(F)(F)C(F)(F)F)c(N)c1. The van der Waals surface area contributed by atoms with Crippen LogP contribution in [0.4, 0.5) is 37.7 Å². The zero-order valence-corrected chi connectivity index (χ0v) is 8.23. The molecule has 96 valence electrons. The summed E-state index contributed by atoms with van der Waals surface area (Å²) in [6.07, 6.45) is -9.55. The quantitative estimate of drug-likeness (QED) is 0.632. The molecule has 0 amide bonds. The van der Waals surface area contributed by atoms with E-state index in [0.29, 0.717) is 6.07 Å². The summed E-state index contributed by atoms with van der Waals surface area (Å²) in [6.45, 7) is 0. The average Bonchev–Trinajstić information content (AvgIpc) is 2.14. The largest absolute Gasteiger partial charge is 0.456 e. The van der Waals surface area contributed by atoms with Crippen molar-refractivity contribution in [1.29, 1.82) is 0 Å². The molecule has 0 bridgehead atoms. The van der Waals surface area contributed by atoms with E-state index in [0.717, 1.165) is 12.1 Å². The van der Waals surface area contributed by atoms with E-state index in [4.69, 9.17) is 11.5 Å². The molecule has 0 fully saturated rings. The van der Waals surface area contributed by atoms with Crippen molar-refractivity contribution in [2.45, 2.75) is 18.3 Å². The molecule has 0 heterocycles. The summed E-state index contributed by atoms with van der Waals surface area (Å²) >= 11 is 0. The molecule has 1 atom stereocenters. The Labute approximate surface area is 92.2 Å². The number of benzene rings is 1. The average molecular weight is 258 g/mol.